The van der Waals surface area contributed by atoms with Crippen LogP contribution in [-0.4, -0.2) is 47.5 Å². The molecule has 2 N–H and O–H groups in total. The van der Waals surface area contributed by atoms with Gasteiger partial charge in [0.25, 0.3) is 0 Å². The lowest BCUT2D eigenvalue weighted by Crippen LogP contribution is -2.39. The van der Waals surface area contributed by atoms with Crippen molar-refractivity contribution in [1.29, 1.82) is 0 Å². The standard InChI is InChI=1S/C13H21N5O2/c1-3-17-8-4-5-10(17)9-16(2)13-11(18(19)20)6-7-12(14)15-13/h6-7,10H,3-5,8-9H2,1-2H3,(H2,14,15). The molecule has 0 saturated carbocycles. The van der Waals surface area contributed by atoms with E-state index in [0.717, 1.165) is 26.1 Å². The zero-order valence-electron chi connectivity index (χ0n) is 12.0. The topological polar surface area (TPSA) is 88.5 Å². The van der Waals surface area contributed by atoms with Crippen molar-refractivity contribution < 1.29 is 4.92 Å². The number of likely N-dealkylation sites (tertiary alicyclic amines) is 1. The van der Waals surface area contributed by atoms with Crippen molar-refractivity contribution >= 4 is 17.3 Å². The normalized spacial score (nSPS) is 19.2. The van der Waals surface area contributed by atoms with E-state index in [4.69, 9.17) is 5.73 Å². The third-order valence-electron chi connectivity index (χ3n) is 3.82. The van der Waals surface area contributed by atoms with Gasteiger partial charge in [-0.15, -0.1) is 0 Å². The first-order chi connectivity index (χ1) is 9.52. The Labute approximate surface area is 118 Å². The van der Waals surface area contributed by atoms with Gasteiger partial charge in [0.1, 0.15) is 5.82 Å². The fourth-order valence-corrected chi connectivity index (χ4v) is 2.80. The number of nitro groups is 1. The zero-order valence-corrected chi connectivity index (χ0v) is 12.0. The molecule has 110 valence electrons. The summed E-state index contributed by atoms with van der Waals surface area (Å²) < 4.78 is 0. The average Bonchev–Trinajstić information content (AvgIpc) is 2.85. The largest absolute Gasteiger partial charge is 0.384 e. The lowest BCUT2D eigenvalue weighted by molar-refractivity contribution is -0.384. The Morgan fingerprint density at radius 1 is 1.60 bits per heavy atom. The molecule has 1 aromatic rings. The van der Waals surface area contributed by atoms with Gasteiger partial charge in [0.2, 0.25) is 5.82 Å². The van der Waals surface area contributed by atoms with Crippen molar-refractivity contribution in [2.45, 2.75) is 25.8 Å². The van der Waals surface area contributed by atoms with Crippen molar-refractivity contribution in [2.75, 3.05) is 37.3 Å². The van der Waals surface area contributed by atoms with Gasteiger partial charge in [-0.25, -0.2) is 4.98 Å². The molecule has 0 aromatic carbocycles. The number of nitrogen functional groups attached to an aromatic ring is 1. The van der Waals surface area contributed by atoms with Crippen LogP contribution in [0, 0.1) is 10.1 Å². The first-order valence-corrected chi connectivity index (χ1v) is 6.89. The summed E-state index contributed by atoms with van der Waals surface area (Å²) >= 11 is 0. The summed E-state index contributed by atoms with van der Waals surface area (Å²) in [5, 5.41) is 11.1. The molecule has 0 radical (unpaired) electrons. The average molecular weight is 279 g/mol. The molecule has 2 heterocycles. The number of anilines is 2. The molecular formula is C13H21N5O2. The van der Waals surface area contributed by atoms with E-state index in [1.54, 1.807) is 0 Å². The van der Waals surface area contributed by atoms with E-state index >= 15 is 0 Å². The number of aromatic nitrogens is 1. The van der Waals surface area contributed by atoms with Crippen molar-refractivity contribution in [1.82, 2.24) is 9.88 Å². The molecule has 7 heteroatoms. The molecule has 0 amide bonds. The predicted molar refractivity (Wildman–Crippen MR) is 78.8 cm³/mol. The minimum Gasteiger partial charge on any atom is -0.384 e. The molecule has 20 heavy (non-hydrogen) atoms. The zero-order chi connectivity index (χ0) is 14.7. The number of nitrogens with two attached hydrogens (primary N) is 1. The van der Waals surface area contributed by atoms with Crippen LogP contribution in [0.5, 0.6) is 0 Å². The van der Waals surface area contributed by atoms with Gasteiger partial charge in [-0.3, -0.25) is 15.0 Å². The molecule has 1 aliphatic heterocycles. The first-order valence-electron chi connectivity index (χ1n) is 6.89. The van der Waals surface area contributed by atoms with Crippen molar-refractivity contribution in [3.05, 3.63) is 22.2 Å². The van der Waals surface area contributed by atoms with Crippen molar-refractivity contribution in [2.24, 2.45) is 0 Å². The highest BCUT2D eigenvalue weighted by Crippen LogP contribution is 2.27. The van der Waals surface area contributed by atoms with Gasteiger partial charge in [0, 0.05) is 25.7 Å². The number of rotatable bonds is 5. The Balaban J connectivity index is 2.18. The van der Waals surface area contributed by atoms with Crippen molar-refractivity contribution in [3.63, 3.8) is 0 Å². The summed E-state index contributed by atoms with van der Waals surface area (Å²) in [6.07, 6.45) is 2.30. The van der Waals surface area contributed by atoms with Gasteiger partial charge in [0.05, 0.1) is 4.92 Å². The third kappa shape index (κ3) is 2.98. The van der Waals surface area contributed by atoms with Crippen LogP contribution in [0.4, 0.5) is 17.3 Å². The van der Waals surface area contributed by atoms with Crippen LogP contribution >= 0.6 is 0 Å². The Bertz CT molecular complexity index is 494. The van der Waals surface area contributed by atoms with E-state index in [1.165, 1.54) is 18.6 Å². The van der Waals surface area contributed by atoms with E-state index in [2.05, 4.69) is 16.8 Å². The molecule has 7 nitrogen and oxygen atoms in total. The quantitative estimate of drug-likeness (QED) is 0.649. The second-order valence-corrected chi connectivity index (χ2v) is 5.14. The molecular weight excluding hydrogens is 258 g/mol. The molecule has 1 aromatic heterocycles. The maximum atomic E-state index is 11.1. The van der Waals surface area contributed by atoms with Gasteiger partial charge < -0.3 is 10.6 Å². The summed E-state index contributed by atoms with van der Waals surface area (Å²) in [6.45, 7) is 4.97. The number of hydrogen-bond acceptors (Lipinski definition) is 6. The van der Waals surface area contributed by atoms with Crippen LogP contribution < -0.4 is 10.6 Å². The molecule has 1 aliphatic rings. The monoisotopic (exact) mass is 279 g/mol. The third-order valence-corrected chi connectivity index (χ3v) is 3.82. The van der Waals surface area contributed by atoms with Crippen LogP contribution in [0.1, 0.15) is 19.8 Å². The van der Waals surface area contributed by atoms with Gasteiger partial charge in [-0.1, -0.05) is 6.92 Å². The molecule has 0 bridgehead atoms. The number of nitrogens with zero attached hydrogens (tertiary/aromatic N) is 4. The van der Waals surface area contributed by atoms with E-state index < -0.39 is 4.92 Å². The van der Waals surface area contributed by atoms with Crippen molar-refractivity contribution in [3.8, 4) is 0 Å². The summed E-state index contributed by atoms with van der Waals surface area (Å²) in [5.74, 6) is 0.647. The highest BCUT2D eigenvalue weighted by atomic mass is 16.6. The number of pyridine rings is 1. The lowest BCUT2D eigenvalue weighted by Gasteiger charge is -2.28. The summed E-state index contributed by atoms with van der Waals surface area (Å²) in [6, 6.07) is 3.30. The highest BCUT2D eigenvalue weighted by Gasteiger charge is 2.27. The Morgan fingerprint density at radius 3 is 3.00 bits per heavy atom. The number of hydrogen-bond donors (Lipinski definition) is 1. The molecule has 1 unspecified atom stereocenters. The fraction of sp³-hybridized carbons (Fsp3) is 0.615. The molecule has 1 fully saturated rings. The van der Waals surface area contributed by atoms with Crippen LogP contribution in [0.15, 0.2) is 12.1 Å². The molecule has 0 spiro atoms. The van der Waals surface area contributed by atoms with Gasteiger partial charge in [-0.2, -0.15) is 0 Å². The lowest BCUT2D eigenvalue weighted by atomic mass is 10.2. The summed E-state index contributed by atoms with van der Waals surface area (Å²) in [7, 11) is 1.83. The van der Waals surface area contributed by atoms with E-state index in [0.29, 0.717) is 17.7 Å². The SMILES string of the molecule is CCN1CCCC1CN(C)c1nc(N)ccc1[N+](=O)[O-]. The van der Waals surface area contributed by atoms with Gasteiger partial charge >= 0.3 is 5.69 Å². The van der Waals surface area contributed by atoms with Crippen LogP contribution in [0.2, 0.25) is 0 Å². The second-order valence-electron chi connectivity index (χ2n) is 5.14. The minimum atomic E-state index is -0.412. The van der Waals surface area contributed by atoms with Crippen LogP contribution in [0.25, 0.3) is 0 Å². The maximum Gasteiger partial charge on any atom is 0.311 e. The van der Waals surface area contributed by atoms with E-state index in [-0.39, 0.29) is 5.69 Å². The Morgan fingerprint density at radius 2 is 2.35 bits per heavy atom. The molecule has 1 saturated heterocycles. The van der Waals surface area contributed by atoms with Gasteiger partial charge in [-0.05, 0) is 32.0 Å². The summed E-state index contributed by atoms with van der Waals surface area (Å²) in [5.41, 5.74) is 5.66. The number of likely N-dealkylation sites (N-methyl/N-ethyl adjacent to an activating group) is 2. The highest BCUT2D eigenvalue weighted by molar-refractivity contribution is 5.60. The van der Waals surface area contributed by atoms with E-state index in [9.17, 15) is 10.1 Å². The van der Waals surface area contributed by atoms with E-state index in [1.807, 2.05) is 11.9 Å². The van der Waals surface area contributed by atoms with Gasteiger partial charge in [0.15, 0.2) is 0 Å². The first kappa shape index (κ1) is 14.5. The summed E-state index contributed by atoms with van der Waals surface area (Å²) in [4.78, 5) is 19.0. The van der Waals surface area contributed by atoms with Crippen LogP contribution in [0.3, 0.4) is 0 Å². The minimum absolute atomic E-state index is 0.00254. The molecule has 1 atom stereocenters. The second kappa shape index (κ2) is 6.04. The Hall–Kier alpha value is -1.89. The predicted octanol–water partition coefficient (Wildman–Crippen LogP) is 1.49. The molecule has 0 aliphatic carbocycles. The maximum absolute atomic E-state index is 11.1. The fourth-order valence-electron chi connectivity index (χ4n) is 2.80. The molecule has 2 rings (SSSR count). The Kier molecular flexibility index (Phi) is 4.39. The smallest absolute Gasteiger partial charge is 0.311 e. The van der Waals surface area contributed by atoms with Crippen LogP contribution in [-0.2, 0) is 0 Å².